The molecule has 0 bridgehead atoms. The SMILES string of the molecule is N#Cc1ccccc1S(=O)(=O)N1CC(n2ccnn2)C1. The van der Waals surface area contributed by atoms with Crippen molar-refractivity contribution in [3.8, 4) is 6.07 Å². The summed E-state index contributed by atoms with van der Waals surface area (Å²) >= 11 is 0. The zero-order chi connectivity index (χ0) is 14.2. The fourth-order valence-electron chi connectivity index (χ4n) is 2.12. The molecule has 1 saturated heterocycles. The summed E-state index contributed by atoms with van der Waals surface area (Å²) in [7, 11) is -3.62. The number of sulfonamides is 1. The average Bonchev–Trinajstić information content (AvgIpc) is 2.90. The molecule has 20 heavy (non-hydrogen) atoms. The normalized spacial score (nSPS) is 16.6. The summed E-state index contributed by atoms with van der Waals surface area (Å²) in [6, 6.07) is 8.13. The minimum Gasteiger partial charge on any atom is -0.247 e. The summed E-state index contributed by atoms with van der Waals surface area (Å²) in [5.41, 5.74) is 0.164. The molecule has 1 aliphatic rings. The van der Waals surface area contributed by atoms with Crippen LogP contribution in [0.1, 0.15) is 11.6 Å². The van der Waals surface area contributed by atoms with Crippen molar-refractivity contribution in [2.24, 2.45) is 0 Å². The Morgan fingerprint density at radius 2 is 2.05 bits per heavy atom. The molecular formula is C12H11N5O2S. The van der Waals surface area contributed by atoms with Crippen LogP contribution in [0.2, 0.25) is 0 Å². The van der Waals surface area contributed by atoms with Crippen molar-refractivity contribution < 1.29 is 8.42 Å². The van der Waals surface area contributed by atoms with Gasteiger partial charge in [-0.15, -0.1) is 5.10 Å². The first-order valence-corrected chi connectivity index (χ1v) is 7.42. The first kappa shape index (κ1) is 12.8. The molecule has 0 aliphatic carbocycles. The highest BCUT2D eigenvalue weighted by molar-refractivity contribution is 7.89. The number of rotatable bonds is 3. The molecule has 8 heteroatoms. The Labute approximate surface area is 116 Å². The lowest BCUT2D eigenvalue weighted by Gasteiger charge is -2.37. The largest absolute Gasteiger partial charge is 0.247 e. The molecule has 102 valence electrons. The standard InChI is InChI=1S/C12H11N5O2S/c13-7-10-3-1-2-4-12(10)20(18,19)16-8-11(9-16)17-6-5-14-15-17/h1-6,11H,8-9H2. The van der Waals surface area contributed by atoms with E-state index in [0.29, 0.717) is 13.1 Å². The van der Waals surface area contributed by atoms with Gasteiger partial charge in [0.15, 0.2) is 0 Å². The van der Waals surface area contributed by atoms with E-state index in [1.165, 1.54) is 16.4 Å². The van der Waals surface area contributed by atoms with Crippen LogP contribution in [0.15, 0.2) is 41.6 Å². The Morgan fingerprint density at radius 3 is 2.70 bits per heavy atom. The van der Waals surface area contributed by atoms with Gasteiger partial charge in [0.25, 0.3) is 0 Å². The summed E-state index contributed by atoms with van der Waals surface area (Å²) in [6.45, 7) is 0.677. The second kappa shape index (κ2) is 4.70. The summed E-state index contributed by atoms with van der Waals surface area (Å²) in [5.74, 6) is 0. The van der Waals surface area contributed by atoms with E-state index in [4.69, 9.17) is 5.26 Å². The molecule has 1 aliphatic heterocycles. The van der Waals surface area contributed by atoms with E-state index in [1.807, 2.05) is 6.07 Å². The molecule has 0 saturated carbocycles. The monoisotopic (exact) mass is 289 g/mol. The minimum atomic E-state index is -3.62. The van der Waals surface area contributed by atoms with Crippen LogP contribution in [-0.2, 0) is 10.0 Å². The highest BCUT2D eigenvalue weighted by Gasteiger charge is 2.39. The van der Waals surface area contributed by atoms with Crippen LogP contribution in [-0.4, -0.2) is 40.8 Å². The zero-order valence-corrected chi connectivity index (χ0v) is 11.2. The first-order valence-electron chi connectivity index (χ1n) is 5.98. The van der Waals surface area contributed by atoms with Gasteiger partial charge in [-0.2, -0.15) is 9.57 Å². The average molecular weight is 289 g/mol. The van der Waals surface area contributed by atoms with E-state index in [1.54, 1.807) is 29.2 Å². The van der Waals surface area contributed by atoms with Gasteiger partial charge in [0.1, 0.15) is 6.07 Å². The maximum absolute atomic E-state index is 12.4. The molecule has 2 heterocycles. The van der Waals surface area contributed by atoms with E-state index in [2.05, 4.69) is 10.3 Å². The van der Waals surface area contributed by atoms with Crippen molar-refractivity contribution in [1.29, 1.82) is 5.26 Å². The van der Waals surface area contributed by atoms with E-state index in [-0.39, 0.29) is 16.5 Å². The number of nitriles is 1. The van der Waals surface area contributed by atoms with Crippen LogP contribution in [0.4, 0.5) is 0 Å². The molecule has 2 aromatic rings. The fraction of sp³-hybridized carbons (Fsp3) is 0.250. The molecule has 0 amide bonds. The van der Waals surface area contributed by atoms with E-state index in [9.17, 15) is 8.42 Å². The van der Waals surface area contributed by atoms with Gasteiger partial charge in [0.2, 0.25) is 10.0 Å². The van der Waals surface area contributed by atoms with Gasteiger partial charge in [-0.3, -0.25) is 0 Å². The van der Waals surface area contributed by atoms with Crippen molar-refractivity contribution in [2.75, 3.05) is 13.1 Å². The molecule has 7 nitrogen and oxygen atoms in total. The zero-order valence-electron chi connectivity index (χ0n) is 10.4. The second-order valence-corrected chi connectivity index (χ2v) is 6.37. The third kappa shape index (κ3) is 1.97. The molecule has 0 spiro atoms. The lowest BCUT2D eigenvalue weighted by Crippen LogP contribution is -2.50. The third-order valence-electron chi connectivity index (χ3n) is 3.27. The van der Waals surface area contributed by atoms with Crippen LogP contribution in [0, 0.1) is 11.3 Å². The molecule has 0 atom stereocenters. The first-order chi connectivity index (χ1) is 9.63. The van der Waals surface area contributed by atoms with Crippen molar-refractivity contribution in [2.45, 2.75) is 10.9 Å². The van der Waals surface area contributed by atoms with Crippen molar-refractivity contribution in [3.63, 3.8) is 0 Å². The quantitative estimate of drug-likeness (QED) is 0.815. The highest BCUT2D eigenvalue weighted by atomic mass is 32.2. The molecular weight excluding hydrogens is 278 g/mol. The Hall–Kier alpha value is -2.24. The van der Waals surface area contributed by atoms with Crippen molar-refractivity contribution >= 4 is 10.0 Å². The van der Waals surface area contributed by atoms with Crippen molar-refractivity contribution in [1.82, 2.24) is 19.3 Å². The molecule has 1 aromatic carbocycles. The van der Waals surface area contributed by atoms with E-state index >= 15 is 0 Å². The lowest BCUT2D eigenvalue weighted by molar-refractivity contribution is 0.189. The summed E-state index contributed by atoms with van der Waals surface area (Å²) in [4.78, 5) is 0.0551. The topological polar surface area (TPSA) is 91.9 Å². The van der Waals surface area contributed by atoms with Crippen LogP contribution >= 0.6 is 0 Å². The fourth-order valence-corrected chi connectivity index (χ4v) is 3.77. The van der Waals surface area contributed by atoms with Gasteiger partial charge < -0.3 is 0 Å². The maximum atomic E-state index is 12.4. The van der Waals surface area contributed by atoms with E-state index < -0.39 is 10.0 Å². The molecule has 1 aromatic heterocycles. The van der Waals surface area contributed by atoms with Gasteiger partial charge in [-0.25, -0.2) is 13.1 Å². The van der Waals surface area contributed by atoms with Gasteiger partial charge in [0, 0.05) is 19.3 Å². The van der Waals surface area contributed by atoms with Crippen molar-refractivity contribution in [3.05, 3.63) is 42.2 Å². The molecule has 0 radical (unpaired) electrons. The Morgan fingerprint density at radius 1 is 1.30 bits per heavy atom. The van der Waals surface area contributed by atoms with Crippen LogP contribution in [0.25, 0.3) is 0 Å². The Kier molecular flexibility index (Phi) is 3.00. The molecule has 1 fully saturated rings. The van der Waals surface area contributed by atoms with Gasteiger partial charge in [-0.1, -0.05) is 17.3 Å². The number of nitrogens with zero attached hydrogens (tertiary/aromatic N) is 5. The highest BCUT2D eigenvalue weighted by Crippen LogP contribution is 2.28. The number of benzene rings is 1. The summed E-state index contributed by atoms with van der Waals surface area (Å²) < 4.78 is 27.9. The third-order valence-corrected chi connectivity index (χ3v) is 5.16. The number of aromatic nitrogens is 3. The van der Waals surface area contributed by atoms with Gasteiger partial charge >= 0.3 is 0 Å². The second-order valence-electron chi connectivity index (χ2n) is 4.47. The molecule has 0 unspecified atom stereocenters. The van der Waals surface area contributed by atoms with Crippen LogP contribution < -0.4 is 0 Å². The summed E-state index contributed by atoms with van der Waals surface area (Å²) in [5, 5.41) is 16.6. The van der Waals surface area contributed by atoms with Gasteiger partial charge in [-0.05, 0) is 12.1 Å². The Bertz CT molecular complexity index is 757. The lowest BCUT2D eigenvalue weighted by atomic mass is 10.2. The predicted molar refractivity (Wildman–Crippen MR) is 69.0 cm³/mol. The number of hydrogen-bond donors (Lipinski definition) is 0. The minimum absolute atomic E-state index is 0.00141. The van der Waals surface area contributed by atoms with E-state index in [0.717, 1.165) is 0 Å². The summed E-state index contributed by atoms with van der Waals surface area (Å²) in [6.07, 6.45) is 3.26. The number of hydrogen-bond acceptors (Lipinski definition) is 5. The predicted octanol–water partition coefficient (Wildman–Crippen LogP) is 0.395. The Balaban J connectivity index is 1.83. The molecule has 3 rings (SSSR count). The van der Waals surface area contributed by atoms with Crippen LogP contribution in [0.3, 0.4) is 0 Å². The van der Waals surface area contributed by atoms with Crippen LogP contribution in [0.5, 0.6) is 0 Å². The molecule has 0 N–H and O–H groups in total. The maximum Gasteiger partial charge on any atom is 0.244 e. The van der Waals surface area contributed by atoms with Gasteiger partial charge in [0.05, 0.1) is 22.7 Å². The smallest absolute Gasteiger partial charge is 0.244 e.